The van der Waals surface area contributed by atoms with Crippen molar-refractivity contribution >= 4 is 44.4 Å². The van der Waals surface area contributed by atoms with Crippen molar-refractivity contribution in [3.63, 3.8) is 0 Å². The van der Waals surface area contributed by atoms with Crippen LogP contribution in [-0.2, 0) is 4.79 Å². The Hall–Kier alpha value is -1.96. The van der Waals surface area contributed by atoms with Crippen LogP contribution in [0.1, 0.15) is 13.8 Å². The van der Waals surface area contributed by atoms with Crippen LogP contribution in [0.4, 0.5) is 9.52 Å². The zero-order valence-electron chi connectivity index (χ0n) is 16.2. The van der Waals surface area contributed by atoms with Crippen molar-refractivity contribution in [2.24, 2.45) is 0 Å². The lowest BCUT2D eigenvalue weighted by Crippen LogP contribution is -3.12. The van der Waals surface area contributed by atoms with Crippen LogP contribution in [0.5, 0.6) is 0 Å². The van der Waals surface area contributed by atoms with Gasteiger partial charge in [-0.1, -0.05) is 23.5 Å². The molecule has 0 saturated heterocycles. The first-order chi connectivity index (χ1) is 13.6. The molecule has 4 nitrogen and oxygen atoms in total. The lowest BCUT2D eigenvalue weighted by atomic mass is 10.3. The van der Waals surface area contributed by atoms with Crippen LogP contribution in [0.25, 0.3) is 10.2 Å². The molecule has 7 heteroatoms. The second kappa shape index (κ2) is 10.0. The Morgan fingerprint density at radius 3 is 2.54 bits per heavy atom. The van der Waals surface area contributed by atoms with Gasteiger partial charge in [0.15, 0.2) is 5.13 Å². The molecule has 1 N–H and O–H groups in total. The number of amides is 1. The Labute approximate surface area is 173 Å². The number of quaternary nitrogens is 1. The van der Waals surface area contributed by atoms with Crippen LogP contribution in [0.15, 0.2) is 53.4 Å². The van der Waals surface area contributed by atoms with Crippen molar-refractivity contribution in [3.8, 4) is 0 Å². The molecule has 0 bridgehead atoms. The van der Waals surface area contributed by atoms with E-state index in [1.54, 1.807) is 23.5 Å². The third-order valence-corrected chi connectivity index (χ3v) is 6.74. The zero-order valence-corrected chi connectivity index (χ0v) is 17.8. The summed E-state index contributed by atoms with van der Waals surface area (Å²) in [6, 6.07) is 14.2. The van der Waals surface area contributed by atoms with Crippen molar-refractivity contribution in [2.75, 3.05) is 36.8 Å². The molecule has 0 atom stereocenters. The summed E-state index contributed by atoms with van der Waals surface area (Å²) in [7, 11) is 0. The summed E-state index contributed by atoms with van der Waals surface area (Å²) in [6.45, 7) is 7.90. The molecule has 3 aromatic rings. The van der Waals surface area contributed by atoms with Crippen LogP contribution >= 0.6 is 23.1 Å². The van der Waals surface area contributed by atoms with Gasteiger partial charge in [-0.2, -0.15) is 0 Å². The van der Waals surface area contributed by atoms with E-state index in [0.717, 1.165) is 39.9 Å². The Bertz CT molecular complexity index is 876. The fourth-order valence-corrected chi connectivity index (χ4v) is 4.71. The number of hydrogen-bond acceptors (Lipinski definition) is 4. The van der Waals surface area contributed by atoms with Crippen LogP contribution in [0.2, 0.25) is 0 Å². The van der Waals surface area contributed by atoms with Gasteiger partial charge in [0.2, 0.25) is 5.91 Å². The molecule has 0 aliphatic carbocycles. The molecule has 1 amide bonds. The fourth-order valence-electron chi connectivity index (χ4n) is 2.93. The number of carbonyl (C=O) groups excluding carboxylic acids is 1. The third-order valence-electron chi connectivity index (χ3n) is 4.68. The fraction of sp³-hybridized carbons (Fsp3) is 0.333. The molecule has 1 aromatic heterocycles. The van der Waals surface area contributed by atoms with Crippen molar-refractivity contribution in [1.29, 1.82) is 0 Å². The first-order valence-electron chi connectivity index (χ1n) is 9.48. The zero-order chi connectivity index (χ0) is 19.9. The summed E-state index contributed by atoms with van der Waals surface area (Å²) in [4.78, 5) is 21.9. The minimum atomic E-state index is -0.269. The van der Waals surface area contributed by atoms with Gasteiger partial charge in [-0.25, -0.2) is 9.37 Å². The van der Waals surface area contributed by atoms with Gasteiger partial charge in [-0.15, -0.1) is 11.8 Å². The average Bonchev–Trinajstić information content (AvgIpc) is 3.14. The molecule has 2 aromatic carbocycles. The van der Waals surface area contributed by atoms with Gasteiger partial charge in [0.05, 0.1) is 42.1 Å². The number of aromatic nitrogens is 1. The molecule has 148 valence electrons. The quantitative estimate of drug-likeness (QED) is 0.541. The Kier molecular flexibility index (Phi) is 7.42. The van der Waals surface area contributed by atoms with Gasteiger partial charge in [0.1, 0.15) is 5.82 Å². The summed E-state index contributed by atoms with van der Waals surface area (Å²) in [5.41, 5.74) is 0.918. The largest absolute Gasteiger partial charge is 0.334 e. The van der Waals surface area contributed by atoms with Crippen LogP contribution in [-0.4, -0.2) is 42.8 Å². The topological polar surface area (TPSA) is 37.6 Å². The predicted molar refractivity (Wildman–Crippen MR) is 116 cm³/mol. The van der Waals surface area contributed by atoms with Crippen molar-refractivity contribution in [3.05, 3.63) is 54.3 Å². The molecule has 0 fully saturated rings. The number of likely N-dealkylation sites (N-methyl/N-ethyl adjacent to an activating group) is 1. The van der Waals surface area contributed by atoms with Gasteiger partial charge in [-0.05, 0) is 50.2 Å². The van der Waals surface area contributed by atoms with Crippen molar-refractivity contribution in [1.82, 2.24) is 4.98 Å². The number of anilines is 1. The monoisotopic (exact) mass is 418 g/mol. The summed E-state index contributed by atoms with van der Waals surface area (Å²) < 4.78 is 14.2. The Balaban J connectivity index is 1.75. The summed E-state index contributed by atoms with van der Waals surface area (Å²) in [6.07, 6.45) is 0. The van der Waals surface area contributed by atoms with Crippen LogP contribution in [0.3, 0.4) is 0 Å². The molecular weight excluding hydrogens is 393 g/mol. The van der Waals surface area contributed by atoms with E-state index in [0.29, 0.717) is 12.3 Å². The van der Waals surface area contributed by atoms with Crippen LogP contribution < -0.4 is 9.80 Å². The minimum Gasteiger partial charge on any atom is -0.334 e. The number of thiazole rings is 1. The first-order valence-corrected chi connectivity index (χ1v) is 11.3. The molecule has 0 aliphatic heterocycles. The van der Waals surface area contributed by atoms with Crippen molar-refractivity contribution < 1.29 is 14.1 Å². The third kappa shape index (κ3) is 5.31. The van der Waals surface area contributed by atoms with Crippen LogP contribution in [0, 0.1) is 5.82 Å². The van der Waals surface area contributed by atoms with E-state index in [-0.39, 0.29) is 11.7 Å². The number of fused-ring (bicyclic) bond motifs is 1. The summed E-state index contributed by atoms with van der Waals surface area (Å²) in [5.74, 6) is 0.0590. The molecule has 0 unspecified atom stereocenters. The van der Waals surface area contributed by atoms with E-state index in [2.05, 4.69) is 18.8 Å². The van der Waals surface area contributed by atoms with Gasteiger partial charge >= 0.3 is 0 Å². The molecule has 0 aliphatic rings. The maximum Gasteiger partial charge on any atom is 0.239 e. The Morgan fingerprint density at radius 1 is 1.14 bits per heavy atom. The number of thioether (sulfide) groups is 1. The normalized spacial score (nSPS) is 11.3. The number of hydrogen-bond donors (Lipinski definition) is 1. The maximum atomic E-state index is 13.1. The van der Waals surface area contributed by atoms with Gasteiger partial charge in [0.25, 0.3) is 0 Å². The lowest BCUT2D eigenvalue weighted by molar-refractivity contribution is -0.894. The number of benzene rings is 2. The smallest absolute Gasteiger partial charge is 0.239 e. The highest BCUT2D eigenvalue weighted by molar-refractivity contribution is 8.00. The van der Waals surface area contributed by atoms with E-state index >= 15 is 0 Å². The van der Waals surface area contributed by atoms with E-state index in [4.69, 9.17) is 0 Å². The van der Waals surface area contributed by atoms with E-state index in [1.165, 1.54) is 28.8 Å². The highest BCUT2D eigenvalue weighted by Crippen LogP contribution is 2.29. The second-order valence-corrected chi connectivity index (χ2v) is 8.52. The standard InChI is InChI=1S/C21H24FN3OS2/c1-3-24(4-2)13-14-25(21-23-18-7-5-6-8-19(18)28-21)20(26)15-27-17-11-9-16(22)10-12-17/h5-12H,3-4,13-15H2,1-2H3/p+1. The number of halogens is 1. The molecule has 0 saturated carbocycles. The van der Waals surface area contributed by atoms with E-state index in [1.807, 2.05) is 29.2 Å². The SMILES string of the molecule is CC[NH+](CC)CCN(C(=O)CSc1ccc(F)cc1)c1nc2ccccc2s1. The van der Waals surface area contributed by atoms with E-state index < -0.39 is 0 Å². The minimum absolute atomic E-state index is 0.0277. The number of nitrogens with zero attached hydrogens (tertiary/aromatic N) is 2. The van der Waals surface area contributed by atoms with E-state index in [9.17, 15) is 9.18 Å². The molecule has 28 heavy (non-hydrogen) atoms. The molecule has 1 heterocycles. The summed E-state index contributed by atoms with van der Waals surface area (Å²) in [5, 5.41) is 0.748. The molecule has 0 spiro atoms. The molecule has 3 rings (SSSR count). The average molecular weight is 419 g/mol. The highest BCUT2D eigenvalue weighted by Gasteiger charge is 2.21. The van der Waals surface area contributed by atoms with Gasteiger partial charge in [0, 0.05) is 4.90 Å². The van der Waals surface area contributed by atoms with Crippen molar-refractivity contribution in [2.45, 2.75) is 18.7 Å². The number of rotatable bonds is 9. The predicted octanol–water partition coefficient (Wildman–Crippen LogP) is 3.49. The maximum absolute atomic E-state index is 13.1. The molecule has 0 radical (unpaired) electrons. The number of nitrogens with one attached hydrogen (secondary N) is 1. The highest BCUT2D eigenvalue weighted by atomic mass is 32.2. The second-order valence-electron chi connectivity index (χ2n) is 6.46. The van der Waals surface area contributed by atoms with Gasteiger partial charge < -0.3 is 4.90 Å². The van der Waals surface area contributed by atoms with Gasteiger partial charge in [-0.3, -0.25) is 9.69 Å². The number of para-hydroxylation sites is 1. The summed E-state index contributed by atoms with van der Waals surface area (Å²) >= 11 is 2.98. The lowest BCUT2D eigenvalue weighted by Gasteiger charge is -2.23. The number of carbonyl (C=O) groups is 1. The molecular formula is C21H25FN3OS2+. The Morgan fingerprint density at radius 2 is 1.86 bits per heavy atom. The first kappa shape index (κ1) is 20.8.